The van der Waals surface area contributed by atoms with E-state index in [1.807, 2.05) is 18.2 Å². The van der Waals surface area contributed by atoms with Crippen LogP contribution in [0.25, 0.3) is 0 Å². The standard InChI is InChI=1S/C21H29N3O2/c22-16-18-2-1-3-19(14-18)17-23-7-9-24(10-8-23)20-4-11-26-21(15-20)5-12-25-13-6-21/h1-3,14,20H,4-13,15,17H2/t20-/m0/s1. The minimum Gasteiger partial charge on any atom is -0.381 e. The Bertz CT molecular complexity index is 637. The third kappa shape index (κ3) is 4.10. The van der Waals surface area contributed by atoms with Crippen LogP contribution in [0.4, 0.5) is 0 Å². The average Bonchev–Trinajstić information content (AvgIpc) is 2.69. The zero-order chi connectivity index (χ0) is 17.8. The monoisotopic (exact) mass is 355 g/mol. The SMILES string of the molecule is N#Cc1cccc(CN2CCN([C@H]3CCOC4(CCOCC4)C3)CC2)c1. The Morgan fingerprint density at radius 1 is 1.12 bits per heavy atom. The number of ether oxygens (including phenoxy) is 2. The van der Waals surface area contributed by atoms with E-state index in [0.717, 1.165) is 77.4 Å². The third-order valence-electron chi connectivity index (χ3n) is 6.26. The number of rotatable bonds is 3. The maximum absolute atomic E-state index is 9.06. The van der Waals surface area contributed by atoms with Crippen LogP contribution in [0.15, 0.2) is 24.3 Å². The minimum absolute atomic E-state index is 0.0794. The number of nitrogens with zero attached hydrogens (tertiary/aromatic N) is 3. The molecule has 1 aromatic carbocycles. The van der Waals surface area contributed by atoms with Gasteiger partial charge in [-0.25, -0.2) is 0 Å². The van der Waals surface area contributed by atoms with Crippen molar-refractivity contribution >= 4 is 0 Å². The van der Waals surface area contributed by atoms with Crippen molar-refractivity contribution < 1.29 is 9.47 Å². The summed E-state index contributed by atoms with van der Waals surface area (Å²) in [4.78, 5) is 5.19. The van der Waals surface area contributed by atoms with E-state index >= 15 is 0 Å². The summed E-state index contributed by atoms with van der Waals surface area (Å²) in [5, 5.41) is 9.06. The Morgan fingerprint density at radius 2 is 1.92 bits per heavy atom. The Morgan fingerprint density at radius 3 is 2.69 bits per heavy atom. The molecule has 1 aromatic rings. The van der Waals surface area contributed by atoms with E-state index < -0.39 is 0 Å². The van der Waals surface area contributed by atoms with Crippen LogP contribution in [0.3, 0.4) is 0 Å². The molecule has 4 rings (SSSR count). The quantitative estimate of drug-likeness (QED) is 0.833. The fraction of sp³-hybridized carbons (Fsp3) is 0.667. The summed E-state index contributed by atoms with van der Waals surface area (Å²) in [7, 11) is 0. The molecule has 3 fully saturated rings. The van der Waals surface area contributed by atoms with Gasteiger partial charge in [-0.05, 0) is 43.4 Å². The van der Waals surface area contributed by atoms with Gasteiger partial charge in [-0.1, -0.05) is 12.1 Å². The summed E-state index contributed by atoms with van der Waals surface area (Å²) in [6.07, 6.45) is 4.44. The lowest BCUT2D eigenvalue weighted by Gasteiger charge is -2.48. The normalized spacial score (nSPS) is 27.3. The highest BCUT2D eigenvalue weighted by Gasteiger charge is 2.41. The summed E-state index contributed by atoms with van der Waals surface area (Å²) in [5.74, 6) is 0. The molecule has 3 heterocycles. The number of piperazine rings is 1. The highest BCUT2D eigenvalue weighted by molar-refractivity contribution is 5.32. The fourth-order valence-electron chi connectivity index (χ4n) is 4.69. The van der Waals surface area contributed by atoms with Crippen molar-refractivity contribution in [2.24, 2.45) is 0 Å². The molecule has 0 saturated carbocycles. The second-order valence-electron chi connectivity index (χ2n) is 7.91. The molecule has 0 N–H and O–H groups in total. The molecule has 0 radical (unpaired) electrons. The van der Waals surface area contributed by atoms with Crippen LogP contribution in [-0.4, -0.2) is 67.4 Å². The molecule has 26 heavy (non-hydrogen) atoms. The molecule has 0 aliphatic carbocycles. The maximum atomic E-state index is 9.06. The summed E-state index contributed by atoms with van der Waals surface area (Å²) < 4.78 is 11.8. The van der Waals surface area contributed by atoms with Gasteiger partial charge in [0, 0.05) is 58.6 Å². The van der Waals surface area contributed by atoms with Gasteiger partial charge in [0.1, 0.15) is 0 Å². The van der Waals surface area contributed by atoms with Crippen LogP contribution in [0.2, 0.25) is 0 Å². The van der Waals surface area contributed by atoms with Gasteiger partial charge in [-0.2, -0.15) is 5.26 Å². The summed E-state index contributed by atoms with van der Waals surface area (Å²) in [6.45, 7) is 8.01. The molecule has 0 amide bonds. The topological polar surface area (TPSA) is 48.7 Å². The first-order valence-electron chi connectivity index (χ1n) is 9.94. The molecule has 1 atom stereocenters. The van der Waals surface area contributed by atoms with Crippen molar-refractivity contribution in [3.8, 4) is 6.07 Å². The van der Waals surface area contributed by atoms with Crippen LogP contribution in [0.5, 0.6) is 0 Å². The van der Waals surface area contributed by atoms with Crippen molar-refractivity contribution in [3.63, 3.8) is 0 Å². The molecule has 3 aliphatic rings. The van der Waals surface area contributed by atoms with E-state index in [0.29, 0.717) is 6.04 Å². The second-order valence-corrected chi connectivity index (χ2v) is 7.91. The molecule has 5 heteroatoms. The van der Waals surface area contributed by atoms with E-state index in [-0.39, 0.29) is 5.60 Å². The molecule has 0 bridgehead atoms. The summed E-state index contributed by atoms with van der Waals surface area (Å²) in [6, 6.07) is 10.9. The van der Waals surface area contributed by atoms with E-state index in [1.54, 1.807) is 0 Å². The highest BCUT2D eigenvalue weighted by atomic mass is 16.5. The van der Waals surface area contributed by atoms with Crippen molar-refractivity contribution in [1.29, 1.82) is 5.26 Å². The Hall–Kier alpha value is -1.45. The Balaban J connectivity index is 1.30. The van der Waals surface area contributed by atoms with Gasteiger partial charge in [0.25, 0.3) is 0 Å². The van der Waals surface area contributed by atoms with Crippen LogP contribution in [-0.2, 0) is 16.0 Å². The number of nitriles is 1. The molecule has 0 unspecified atom stereocenters. The van der Waals surface area contributed by atoms with E-state index in [4.69, 9.17) is 14.7 Å². The second kappa shape index (κ2) is 8.06. The number of benzene rings is 1. The summed E-state index contributed by atoms with van der Waals surface area (Å²) >= 11 is 0. The Kier molecular flexibility index (Phi) is 5.56. The van der Waals surface area contributed by atoms with Crippen LogP contribution >= 0.6 is 0 Å². The fourth-order valence-corrected chi connectivity index (χ4v) is 4.69. The summed E-state index contributed by atoms with van der Waals surface area (Å²) in [5.41, 5.74) is 2.07. The minimum atomic E-state index is 0.0794. The lowest BCUT2D eigenvalue weighted by molar-refractivity contribution is -0.153. The molecule has 1 spiro atoms. The van der Waals surface area contributed by atoms with E-state index in [9.17, 15) is 0 Å². The molecular weight excluding hydrogens is 326 g/mol. The van der Waals surface area contributed by atoms with Crippen LogP contribution in [0.1, 0.15) is 36.8 Å². The van der Waals surface area contributed by atoms with Gasteiger partial charge in [-0.15, -0.1) is 0 Å². The van der Waals surface area contributed by atoms with Crippen molar-refractivity contribution in [3.05, 3.63) is 35.4 Å². The first-order valence-corrected chi connectivity index (χ1v) is 9.94. The molecule has 0 aromatic heterocycles. The first-order chi connectivity index (χ1) is 12.8. The van der Waals surface area contributed by atoms with Gasteiger partial charge in [-0.3, -0.25) is 9.80 Å². The molecule has 140 valence electrons. The van der Waals surface area contributed by atoms with Crippen LogP contribution < -0.4 is 0 Å². The lowest BCUT2D eigenvalue weighted by atomic mass is 9.83. The highest BCUT2D eigenvalue weighted by Crippen LogP contribution is 2.36. The average molecular weight is 355 g/mol. The van der Waals surface area contributed by atoms with Gasteiger partial charge in [0.05, 0.1) is 17.2 Å². The first kappa shape index (κ1) is 17.9. The van der Waals surface area contributed by atoms with E-state index in [1.165, 1.54) is 12.0 Å². The number of hydrogen-bond donors (Lipinski definition) is 0. The molecule has 5 nitrogen and oxygen atoms in total. The van der Waals surface area contributed by atoms with Gasteiger partial charge >= 0.3 is 0 Å². The lowest BCUT2D eigenvalue weighted by Crippen LogP contribution is -2.55. The third-order valence-corrected chi connectivity index (χ3v) is 6.26. The molecule has 3 aliphatic heterocycles. The smallest absolute Gasteiger partial charge is 0.0991 e. The maximum Gasteiger partial charge on any atom is 0.0991 e. The van der Waals surface area contributed by atoms with Gasteiger partial charge in [0.2, 0.25) is 0 Å². The predicted molar refractivity (Wildman–Crippen MR) is 99.8 cm³/mol. The molecule has 3 saturated heterocycles. The Labute approximate surface area is 156 Å². The van der Waals surface area contributed by atoms with E-state index in [2.05, 4.69) is 21.9 Å². The number of hydrogen-bond acceptors (Lipinski definition) is 5. The van der Waals surface area contributed by atoms with Crippen molar-refractivity contribution in [2.75, 3.05) is 46.0 Å². The zero-order valence-corrected chi connectivity index (χ0v) is 15.5. The molecular formula is C21H29N3O2. The van der Waals surface area contributed by atoms with Gasteiger partial charge in [0.15, 0.2) is 0 Å². The van der Waals surface area contributed by atoms with Crippen molar-refractivity contribution in [1.82, 2.24) is 9.80 Å². The zero-order valence-electron chi connectivity index (χ0n) is 15.5. The van der Waals surface area contributed by atoms with Crippen molar-refractivity contribution in [2.45, 2.75) is 43.9 Å². The largest absolute Gasteiger partial charge is 0.381 e. The predicted octanol–water partition coefficient (Wildman–Crippen LogP) is 2.40. The van der Waals surface area contributed by atoms with Crippen LogP contribution in [0, 0.1) is 11.3 Å². The van der Waals surface area contributed by atoms with Gasteiger partial charge < -0.3 is 9.47 Å².